The fourth-order valence-electron chi connectivity index (χ4n) is 0.956. The summed E-state index contributed by atoms with van der Waals surface area (Å²) in [5.41, 5.74) is 4.99. The number of carbonyl (C=O) groups excluding carboxylic acids is 1. The number of ether oxygens (including phenoxy) is 1. The second-order valence-electron chi connectivity index (χ2n) is 2.87. The lowest BCUT2D eigenvalue weighted by molar-refractivity contribution is -0.118. The van der Waals surface area contributed by atoms with Crippen molar-refractivity contribution in [3.05, 3.63) is 0 Å². The third-order valence-corrected chi connectivity index (χ3v) is 1.62. The van der Waals surface area contributed by atoms with Crippen molar-refractivity contribution >= 4 is 5.91 Å². The van der Waals surface area contributed by atoms with Crippen LogP contribution in [0.2, 0.25) is 0 Å². The zero-order valence-corrected chi connectivity index (χ0v) is 8.34. The van der Waals surface area contributed by atoms with Gasteiger partial charge >= 0.3 is 0 Å². The maximum atomic E-state index is 10.3. The topological polar surface area (TPSA) is 64.3 Å². The summed E-state index contributed by atoms with van der Waals surface area (Å²) < 4.78 is 5.16. The van der Waals surface area contributed by atoms with Gasteiger partial charge in [-0.2, -0.15) is 0 Å². The van der Waals surface area contributed by atoms with Crippen LogP contribution in [0, 0.1) is 0 Å². The van der Waals surface area contributed by atoms with E-state index in [4.69, 9.17) is 10.5 Å². The van der Waals surface area contributed by atoms with Gasteiger partial charge in [0.2, 0.25) is 5.91 Å². The molecule has 0 spiro atoms. The van der Waals surface area contributed by atoms with Crippen molar-refractivity contribution in [2.24, 2.45) is 5.73 Å². The van der Waals surface area contributed by atoms with Crippen molar-refractivity contribution in [2.75, 3.05) is 26.3 Å². The van der Waals surface area contributed by atoms with Crippen LogP contribution in [0.4, 0.5) is 0 Å². The van der Waals surface area contributed by atoms with Gasteiger partial charge in [0.15, 0.2) is 0 Å². The molecule has 0 aromatic heterocycles. The van der Waals surface area contributed by atoms with Gasteiger partial charge in [0.05, 0.1) is 0 Å². The highest BCUT2D eigenvalue weighted by atomic mass is 16.5. The van der Waals surface area contributed by atoms with Crippen LogP contribution in [-0.4, -0.2) is 32.2 Å². The van der Waals surface area contributed by atoms with Gasteiger partial charge in [0.1, 0.15) is 0 Å². The van der Waals surface area contributed by atoms with Gasteiger partial charge in [-0.3, -0.25) is 4.79 Å². The number of nitrogens with one attached hydrogen (secondary N) is 1. The van der Waals surface area contributed by atoms with Crippen LogP contribution in [0.1, 0.15) is 26.2 Å². The van der Waals surface area contributed by atoms with Crippen LogP contribution in [-0.2, 0) is 9.53 Å². The second kappa shape index (κ2) is 9.48. The number of primary amides is 1. The molecule has 1 amide bonds. The van der Waals surface area contributed by atoms with E-state index in [9.17, 15) is 4.79 Å². The predicted octanol–water partition coefficient (Wildman–Crippen LogP) is 0.268. The molecule has 0 rings (SSSR count). The quantitative estimate of drug-likeness (QED) is 0.510. The molecule has 13 heavy (non-hydrogen) atoms. The van der Waals surface area contributed by atoms with E-state index in [-0.39, 0.29) is 5.91 Å². The lowest BCUT2D eigenvalue weighted by Crippen LogP contribution is -2.20. The summed E-state index contributed by atoms with van der Waals surface area (Å²) in [6.07, 6.45) is 2.31. The molecule has 0 unspecified atom stereocenters. The Balaban J connectivity index is 2.87. The van der Waals surface area contributed by atoms with Gasteiger partial charge in [-0.05, 0) is 32.9 Å². The maximum absolute atomic E-state index is 10.3. The third kappa shape index (κ3) is 11.4. The van der Waals surface area contributed by atoms with Crippen molar-refractivity contribution in [2.45, 2.75) is 26.2 Å². The molecule has 0 aliphatic heterocycles. The lowest BCUT2D eigenvalue weighted by atomic mass is 10.3. The Bertz CT molecular complexity index is 129. The maximum Gasteiger partial charge on any atom is 0.217 e. The van der Waals surface area contributed by atoms with Gasteiger partial charge in [-0.1, -0.05) is 0 Å². The van der Waals surface area contributed by atoms with Crippen LogP contribution in [0.3, 0.4) is 0 Å². The average Bonchev–Trinajstić information content (AvgIpc) is 2.09. The monoisotopic (exact) mass is 188 g/mol. The summed E-state index contributed by atoms with van der Waals surface area (Å²) in [5, 5.41) is 3.21. The van der Waals surface area contributed by atoms with E-state index in [0.29, 0.717) is 6.42 Å². The summed E-state index contributed by atoms with van der Waals surface area (Å²) in [6, 6.07) is 0. The minimum Gasteiger partial charge on any atom is -0.382 e. The van der Waals surface area contributed by atoms with Crippen molar-refractivity contribution in [1.82, 2.24) is 5.32 Å². The summed E-state index contributed by atoms with van der Waals surface area (Å²) in [4.78, 5) is 10.3. The summed E-state index contributed by atoms with van der Waals surface area (Å²) in [7, 11) is 0. The molecule has 0 bridgehead atoms. The first kappa shape index (κ1) is 12.4. The van der Waals surface area contributed by atoms with Gasteiger partial charge in [-0.25, -0.2) is 0 Å². The highest BCUT2D eigenvalue weighted by Crippen LogP contribution is 1.85. The molecule has 0 fully saturated rings. The normalized spacial score (nSPS) is 10.2. The molecule has 0 aliphatic rings. The van der Waals surface area contributed by atoms with Crippen LogP contribution in [0.25, 0.3) is 0 Å². The first-order valence-corrected chi connectivity index (χ1v) is 4.84. The van der Waals surface area contributed by atoms with Gasteiger partial charge in [-0.15, -0.1) is 0 Å². The van der Waals surface area contributed by atoms with Gasteiger partial charge < -0.3 is 15.8 Å². The molecule has 0 radical (unpaired) electrons. The smallest absolute Gasteiger partial charge is 0.217 e. The van der Waals surface area contributed by atoms with E-state index in [1.807, 2.05) is 6.92 Å². The number of hydrogen-bond donors (Lipinski definition) is 2. The molecule has 0 aliphatic carbocycles. The zero-order valence-electron chi connectivity index (χ0n) is 8.34. The lowest BCUT2D eigenvalue weighted by Gasteiger charge is -2.03. The molecule has 0 aromatic rings. The van der Waals surface area contributed by atoms with E-state index in [1.54, 1.807) is 0 Å². The second-order valence-corrected chi connectivity index (χ2v) is 2.87. The number of nitrogens with two attached hydrogens (primary N) is 1. The Morgan fingerprint density at radius 3 is 2.69 bits per heavy atom. The van der Waals surface area contributed by atoms with Crippen molar-refractivity contribution in [1.29, 1.82) is 0 Å². The van der Waals surface area contributed by atoms with E-state index < -0.39 is 0 Å². The summed E-state index contributed by atoms with van der Waals surface area (Å²) in [5.74, 6) is -0.226. The van der Waals surface area contributed by atoms with Crippen molar-refractivity contribution in [3.8, 4) is 0 Å². The van der Waals surface area contributed by atoms with Crippen LogP contribution in [0.15, 0.2) is 0 Å². The molecule has 0 heterocycles. The molecule has 0 saturated carbocycles. The molecule has 78 valence electrons. The number of amides is 1. The predicted molar refractivity (Wildman–Crippen MR) is 52.4 cm³/mol. The van der Waals surface area contributed by atoms with E-state index in [1.165, 1.54) is 0 Å². The van der Waals surface area contributed by atoms with Crippen molar-refractivity contribution in [3.63, 3.8) is 0 Å². The summed E-state index contributed by atoms with van der Waals surface area (Å²) in [6.45, 7) is 5.37. The Morgan fingerprint density at radius 1 is 1.38 bits per heavy atom. The van der Waals surface area contributed by atoms with Crippen LogP contribution < -0.4 is 11.1 Å². The highest BCUT2D eigenvalue weighted by molar-refractivity contribution is 5.73. The Labute approximate surface area is 79.8 Å². The first-order chi connectivity index (χ1) is 6.27. The average molecular weight is 188 g/mol. The Kier molecular flexibility index (Phi) is 9.03. The molecule has 4 nitrogen and oxygen atoms in total. The van der Waals surface area contributed by atoms with Gasteiger partial charge in [0, 0.05) is 19.6 Å². The van der Waals surface area contributed by atoms with E-state index in [0.717, 1.165) is 39.1 Å². The van der Waals surface area contributed by atoms with E-state index >= 15 is 0 Å². The minimum absolute atomic E-state index is 0.226. The Morgan fingerprint density at radius 2 is 2.08 bits per heavy atom. The van der Waals surface area contributed by atoms with Crippen molar-refractivity contribution < 1.29 is 9.53 Å². The number of hydrogen-bond acceptors (Lipinski definition) is 3. The molecule has 0 aromatic carbocycles. The zero-order chi connectivity index (χ0) is 9.94. The van der Waals surface area contributed by atoms with E-state index in [2.05, 4.69) is 5.32 Å². The minimum atomic E-state index is -0.226. The Hall–Kier alpha value is -0.610. The molecular weight excluding hydrogens is 168 g/mol. The number of carbonyl (C=O) groups is 1. The largest absolute Gasteiger partial charge is 0.382 e. The standard InChI is InChI=1S/C9H20N2O2/c1-2-13-8-4-7-11-6-3-5-9(10)12/h11H,2-8H2,1H3,(H2,10,12). The fourth-order valence-corrected chi connectivity index (χ4v) is 0.956. The first-order valence-electron chi connectivity index (χ1n) is 4.84. The molecule has 0 atom stereocenters. The highest BCUT2D eigenvalue weighted by Gasteiger charge is 1.93. The van der Waals surface area contributed by atoms with Gasteiger partial charge in [0.25, 0.3) is 0 Å². The molecule has 4 heteroatoms. The SMILES string of the molecule is CCOCCCNCCCC(N)=O. The van der Waals surface area contributed by atoms with Crippen LogP contribution in [0.5, 0.6) is 0 Å². The fraction of sp³-hybridized carbons (Fsp3) is 0.889. The summed E-state index contributed by atoms with van der Waals surface area (Å²) >= 11 is 0. The molecule has 3 N–H and O–H groups in total. The van der Waals surface area contributed by atoms with Crippen LogP contribution >= 0.6 is 0 Å². The third-order valence-electron chi connectivity index (χ3n) is 1.62. The number of rotatable bonds is 9. The molecule has 0 saturated heterocycles. The molecular formula is C9H20N2O2.